The number of Topliss-reactive ketones (excluding diaryl/α,β-unsaturated/α-hetero) is 1. The zero-order valence-corrected chi connectivity index (χ0v) is 22.9. The lowest BCUT2D eigenvalue weighted by Gasteiger charge is -2.38. The molecule has 4 unspecified atom stereocenters. The fourth-order valence-electron chi connectivity index (χ4n) is 5.54. The van der Waals surface area contributed by atoms with Gasteiger partial charge >= 0.3 is 5.97 Å². The molecule has 1 N–H and O–H groups in total. The highest BCUT2D eigenvalue weighted by atomic mass is 32.1. The molecule has 1 aromatic heterocycles. The molecular formula is C29H30N2O7S. The number of nitro groups is 1. The van der Waals surface area contributed by atoms with Gasteiger partial charge in [0.2, 0.25) is 5.91 Å². The second kappa shape index (κ2) is 11.0. The number of methoxy groups -OCH3 is 1. The number of nitro benzene ring substituents is 1. The summed E-state index contributed by atoms with van der Waals surface area (Å²) in [7, 11) is 1.53. The Morgan fingerprint density at radius 3 is 2.23 bits per heavy atom. The first kappa shape index (κ1) is 28.0. The number of non-ortho nitro benzene ring substituents is 1. The number of amides is 1. The lowest BCUT2D eigenvalue weighted by atomic mass is 9.74. The summed E-state index contributed by atoms with van der Waals surface area (Å²) >= 11 is 1.33. The van der Waals surface area contributed by atoms with Crippen LogP contribution in [-0.2, 0) is 9.59 Å². The number of hydrogen-bond acceptors (Lipinski definition) is 7. The number of benzene rings is 2. The van der Waals surface area contributed by atoms with Gasteiger partial charge in [-0.1, -0.05) is 32.0 Å². The van der Waals surface area contributed by atoms with E-state index in [1.165, 1.54) is 54.5 Å². The van der Waals surface area contributed by atoms with Crippen LogP contribution < -0.4 is 4.74 Å². The summed E-state index contributed by atoms with van der Waals surface area (Å²) < 4.78 is 5.30. The molecule has 1 saturated heterocycles. The Kier molecular flexibility index (Phi) is 7.87. The molecule has 1 fully saturated rings. The summed E-state index contributed by atoms with van der Waals surface area (Å²) in [5, 5.41) is 23.7. The molecule has 4 rings (SSSR count). The van der Waals surface area contributed by atoms with Crippen LogP contribution in [0.2, 0.25) is 0 Å². The highest BCUT2D eigenvalue weighted by Crippen LogP contribution is 2.57. The minimum absolute atomic E-state index is 0.0447. The van der Waals surface area contributed by atoms with Gasteiger partial charge < -0.3 is 14.7 Å². The number of hydrogen-bond donors (Lipinski definition) is 1. The second-order valence-electron chi connectivity index (χ2n) is 10.2. The molecule has 0 aliphatic carbocycles. The largest absolute Gasteiger partial charge is 0.497 e. The minimum atomic E-state index is -1.75. The number of carboxylic acid groups (broad SMARTS) is 1. The first-order valence-corrected chi connectivity index (χ1v) is 13.4. The molecule has 1 aliphatic rings. The summed E-state index contributed by atoms with van der Waals surface area (Å²) in [6.07, 6.45) is 0.102. The summed E-state index contributed by atoms with van der Waals surface area (Å²) in [4.78, 5) is 54.0. The summed E-state index contributed by atoms with van der Waals surface area (Å²) in [5.41, 5.74) is -1.11. The number of ether oxygens (including phenoxy) is 1. The molecule has 204 valence electrons. The third kappa shape index (κ3) is 5.04. The van der Waals surface area contributed by atoms with Crippen molar-refractivity contribution in [3.63, 3.8) is 0 Å². The molecule has 3 aromatic rings. The Hall–Kier alpha value is -4.05. The molecule has 39 heavy (non-hydrogen) atoms. The minimum Gasteiger partial charge on any atom is -0.497 e. The van der Waals surface area contributed by atoms with E-state index in [0.29, 0.717) is 16.2 Å². The summed E-state index contributed by atoms with van der Waals surface area (Å²) in [5.74, 6) is -3.29. The standard InChI is InChI=1S/C29H30N2O7S/c1-17(2)16-23(32)30-26(18-9-13-21(38-4)14-10-18)24(27(33)19-7-11-20(12-8-19)31(36)37)25(22-6-5-15-39-22)29(30,3)28(34)35/h5-15,17,24-26H,16H2,1-4H3,(H,34,35). The van der Waals surface area contributed by atoms with E-state index in [0.717, 1.165) is 0 Å². The molecule has 0 bridgehead atoms. The van der Waals surface area contributed by atoms with E-state index in [4.69, 9.17) is 4.74 Å². The van der Waals surface area contributed by atoms with Gasteiger partial charge in [0.25, 0.3) is 5.69 Å². The van der Waals surface area contributed by atoms with Crippen molar-refractivity contribution in [1.29, 1.82) is 0 Å². The molecule has 4 atom stereocenters. The molecule has 10 heteroatoms. The topological polar surface area (TPSA) is 127 Å². The van der Waals surface area contributed by atoms with Gasteiger partial charge in [-0.15, -0.1) is 11.3 Å². The third-order valence-corrected chi connectivity index (χ3v) is 8.30. The predicted molar refractivity (Wildman–Crippen MR) is 146 cm³/mol. The number of carbonyl (C=O) groups is 3. The van der Waals surface area contributed by atoms with Crippen molar-refractivity contribution in [3.8, 4) is 5.75 Å². The van der Waals surface area contributed by atoms with E-state index in [9.17, 15) is 29.6 Å². The molecule has 2 aromatic carbocycles. The Labute approximate surface area is 230 Å². The van der Waals surface area contributed by atoms with Gasteiger partial charge in [-0.25, -0.2) is 4.79 Å². The maximum absolute atomic E-state index is 14.3. The maximum Gasteiger partial charge on any atom is 0.330 e. The van der Waals surface area contributed by atoms with Crippen LogP contribution in [0.1, 0.15) is 60.0 Å². The van der Waals surface area contributed by atoms with Crippen LogP contribution in [0.3, 0.4) is 0 Å². The van der Waals surface area contributed by atoms with E-state index >= 15 is 0 Å². The van der Waals surface area contributed by atoms with E-state index in [1.54, 1.807) is 36.4 Å². The molecular weight excluding hydrogens is 520 g/mol. The normalized spacial score (nSPS) is 22.6. The molecule has 0 spiro atoms. The number of nitrogens with zero attached hydrogens (tertiary/aromatic N) is 2. The monoisotopic (exact) mass is 550 g/mol. The average molecular weight is 551 g/mol. The van der Waals surface area contributed by atoms with Gasteiger partial charge in [0.1, 0.15) is 11.3 Å². The van der Waals surface area contributed by atoms with Gasteiger partial charge in [-0.2, -0.15) is 0 Å². The number of ketones is 1. The SMILES string of the molecule is COc1ccc(C2C(C(=O)c3ccc([N+](=O)[O-])cc3)C(c3cccs3)C(C)(C(=O)O)N2C(=O)CC(C)C)cc1. The molecule has 1 amide bonds. The Morgan fingerprint density at radius 2 is 1.74 bits per heavy atom. The van der Waals surface area contributed by atoms with Crippen LogP contribution in [0.5, 0.6) is 5.75 Å². The zero-order valence-electron chi connectivity index (χ0n) is 22.1. The number of rotatable bonds is 9. The molecule has 2 heterocycles. The first-order valence-electron chi connectivity index (χ1n) is 12.5. The van der Waals surface area contributed by atoms with E-state index < -0.39 is 40.1 Å². The number of aliphatic carboxylic acids is 1. The van der Waals surface area contributed by atoms with Gasteiger partial charge in [0.15, 0.2) is 5.78 Å². The van der Waals surface area contributed by atoms with Crippen molar-refractivity contribution in [1.82, 2.24) is 4.90 Å². The molecule has 1 aliphatic heterocycles. The van der Waals surface area contributed by atoms with Crippen molar-refractivity contribution >= 4 is 34.7 Å². The van der Waals surface area contributed by atoms with Gasteiger partial charge in [-0.05, 0) is 54.1 Å². The van der Waals surface area contributed by atoms with E-state index in [-0.39, 0.29) is 29.5 Å². The van der Waals surface area contributed by atoms with Crippen molar-refractivity contribution in [2.24, 2.45) is 11.8 Å². The van der Waals surface area contributed by atoms with Gasteiger partial charge in [0.05, 0.1) is 24.0 Å². The van der Waals surface area contributed by atoms with Crippen LogP contribution in [-0.4, -0.2) is 45.2 Å². The van der Waals surface area contributed by atoms with Crippen molar-refractivity contribution in [2.75, 3.05) is 7.11 Å². The number of likely N-dealkylation sites (tertiary alicyclic amines) is 1. The Morgan fingerprint density at radius 1 is 1.10 bits per heavy atom. The summed E-state index contributed by atoms with van der Waals surface area (Å²) in [6, 6.07) is 14.9. The van der Waals surface area contributed by atoms with Crippen LogP contribution in [0, 0.1) is 22.0 Å². The van der Waals surface area contributed by atoms with E-state index in [1.807, 2.05) is 19.2 Å². The van der Waals surface area contributed by atoms with Crippen molar-refractivity contribution in [3.05, 3.63) is 92.2 Å². The summed E-state index contributed by atoms with van der Waals surface area (Å²) in [6.45, 7) is 5.27. The fourth-order valence-corrected chi connectivity index (χ4v) is 6.54. The zero-order chi connectivity index (χ0) is 28.5. The smallest absolute Gasteiger partial charge is 0.330 e. The average Bonchev–Trinajstić information content (AvgIpc) is 3.52. The van der Waals surface area contributed by atoms with Crippen LogP contribution in [0.25, 0.3) is 0 Å². The van der Waals surface area contributed by atoms with Gasteiger partial charge in [0, 0.05) is 34.9 Å². The second-order valence-corrected chi connectivity index (χ2v) is 11.2. The maximum atomic E-state index is 14.3. The highest BCUT2D eigenvalue weighted by Gasteiger charge is 2.65. The number of carboxylic acids is 1. The number of carbonyl (C=O) groups excluding carboxylic acids is 2. The lowest BCUT2D eigenvalue weighted by Crippen LogP contribution is -2.54. The van der Waals surface area contributed by atoms with Crippen LogP contribution in [0.4, 0.5) is 5.69 Å². The van der Waals surface area contributed by atoms with Crippen molar-refractivity contribution < 1.29 is 29.2 Å². The quantitative estimate of drug-likeness (QED) is 0.205. The Bertz CT molecular complexity index is 1370. The highest BCUT2D eigenvalue weighted by molar-refractivity contribution is 7.10. The van der Waals surface area contributed by atoms with Crippen LogP contribution in [0.15, 0.2) is 66.0 Å². The predicted octanol–water partition coefficient (Wildman–Crippen LogP) is 5.72. The number of thiophene rings is 1. The molecule has 9 nitrogen and oxygen atoms in total. The Balaban J connectivity index is 1.98. The third-order valence-electron chi connectivity index (χ3n) is 7.34. The van der Waals surface area contributed by atoms with Gasteiger partial charge in [-0.3, -0.25) is 19.7 Å². The molecule has 0 radical (unpaired) electrons. The lowest BCUT2D eigenvalue weighted by molar-refractivity contribution is -0.384. The van der Waals surface area contributed by atoms with Crippen LogP contribution >= 0.6 is 11.3 Å². The molecule has 0 saturated carbocycles. The van der Waals surface area contributed by atoms with Crippen molar-refractivity contribution in [2.45, 2.75) is 44.7 Å². The fraction of sp³-hybridized carbons (Fsp3) is 0.345. The van der Waals surface area contributed by atoms with E-state index in [2.05, 4.69) is 0 Å². The first-order chi connectivity index (χ1) is 18.5.